The fourth-order valence-electron chi connectivity index (χ4n) is 3.52. The lowest BCUT2D eigenvalue weighted by Crippen LogP contribution is -2.46. The van der Waals surface area contributed by atoms with E-state index < -0.39 is 23.7 Å². The van der Waals surface area contributed by atoms with Crippen molar-refractivity contribution in [3.63, 3.8) is 0 Å². The molecule has 2 aromatic carbocycles. The van der Waals surface area contributed by atoms with Gasteiger partial charge in [-0.1, -0.05) is 36.4 Å². The standard InChI is InChI=1S/C26H33N3O4.CH2O2/c1-26(2,3)33-25(31)28-21(16-18-10-7-6-8-11-18)24(30)32-22-13-9-12-20-23(22)19(17-27-20)14-15-29(4)5;2-1-3/h6-13,17,21,27H,14-16H2,1-5H3,(H,28,31);1H,(H,2,3). The summed E-state index contributed by atoms with van der Waals surface area (Å²) in [5.74, 6) is -0.0754. The number of rotatable bonds is 8. The van der Waals surface area contributed by atoms with Crippen molar-refractivity contribution in [3.8, 4) is 5.75 Å². The molecule has 1 amide bonds. The molecule has 9 heteroatoms. The molecule has 0 fully saturated rings. The van der Waals surface area contributed by atoms with Crippen LogP contribution in [0.25, 0.3) is 10.9 Å². The molecule has 0 radical (unpaired) electrons. The normalized spacial score (nSPS) is 11.8. The van der Waals surface area contributed by atoms with Gasteiger partial charge in [0.1, 0.15) is 17.4 Å². The van der Waals surface area contributed by atoms with Crippen LogP contribution in [0.2, 0.25) is 0 Å². The number of esters is 1. The Bertz CT molecular complexity index is 1140. The summed E-state index contributed by atoms with van der Waals surface area (Å²) in [6, 6.07) is 14.2. The number of fused-ring (bicyclic) bond motifs is 1. The number of carbonyl (C=O) groups is 3. The first-order valence-electron chi connectivity index (χ1n) is 11.6. The first kappa shape index (κ1) is 28.4. The Balaban J connectivity index is 0.00000145. The van der Waals surface area contributed by atoms with Crippen molar-refractivity contribution in [2.75, 3.05) is 20.6 Å². The topological polar surface area (TPSA) is 121 Å². The molecule has 3 rings (SSSR count). The van der Waals surface area contributed by atoms with Gasteiger partial charge in [0.25, 0.3) is 6.47 Å². The van der Waals surface area contributed by atoms with E-state index in [4.69, 9.17) is 19.4 Å². The summed E-state index contributed by atoms with van der Waals surface area (Å²) < 4.78 is 11.2. The van der Waals surface area contributed by atoms with Gasteiger partial charge in [-0.2, -0.15) is 0 Å². The van der Waals surface area contributed by atoms with E-state index in [0.717, 1.165) is 35.0 Å². The van der Waals surface area contributed by atoms with E-state index in [1.54, 1.807) is 26.8 Å². The lowest BCUT2D eigenvalue weighted by Gasteiger charge is -2.23. The van der Waals surface area contributed by atoms with Crippen LogP contribution in [0.4, 0.5) is 4.79 Å². The van der Waals surface area contributed by atoms with Gasteiger partial charge in [0.15, 0.2) is 0 Å². The Morgan fingerprint density at radius 1 is 1.11 bits per heavy atom. The summed E-state index contributed by atoms with van der Waals surface area (Å²) in [7, 11) is 4.04. The van der Waals surface area contributed by atoms with Crippen LogP contribution in [-0.2, 0) is 27.2 Å². The molecule has 0 bridgehead atoms. The molecule has 0 aliphatic carbocycles. The molecule has 9 nitrogen and oxygen atoms in total. The molecule has 0 saturated heterocycles. The maximum absolute atomic E-state index is 13.3. The van der Waals surface area contributed by atoms with E-state index in [2.05, 4.69) is 15.2 Å². The molecule has 1 aromatic heterocycles. The van der Waals surface area contributed by atoms with E-state index in [9.17, 15) is 9.59 Å². The van der Waals surface area contributed by atoms with Crippen molar-refractivity contribution in [3.05, 3.63) is 65.9 Å². The predicted molar refractivity (Wildman–Crippen MR) is 138 cm³/mol. The molecule has 1 unspecified atom stereocenters. The van der Waals surface area contributed by atoms with E-state index in [1.807, 2.05) is 62.8 Å². The smallest absolute Gasteiger partial charge is 0.408 e. The second-order valence-corrected chi connectivity index (χ2v) is 9.46. The average molecular weight is 498 g/mol. The number of carboxylic acid groups (broad SMARTS) is 1. The highest BCUT2D eigenvalue weighted by Gasteiger charge is 2.27. The Kier molecular flexibility index (Phi) is 10.5. The number of hydrogen-bond acceptors (Lipinski definition) is 6. The van der Waals surface area contributed by atoms with Gasteiger partial charge in [0, 0.05) is 30.1 Å². The zero-order valence-corrected chi connectivity index (χ0v) is 21.4. The van der Waals surface area contributed by atoms with Crippen molar-refractivity contribution in [1.82, 2.24) is 15.2 Å². The van der Waals surface area contributed by atoms with E-state index in [1.165, 1.54) is 0 Å². The Morgan fingerprint density at radius 2 is 1.78 bits per heavy atom. The van der Waals surface area contributed by atoms with Gasteiger partial charge in [-0.25, -0.2) is 9.59 Å². The highest BCUT2D eigenvalue weighted by molar-refractivity contribution is 5.92. The number of alkyl carbamates (subject to hydrolysis) is 1. The Hall–Kier alpha value is -3.85. The number of carbonyl (C=O) groups excluding carboxylic acids is 2. The molecule has 0 aliphatic rings. The lowest BCUT2D eigenvalue weighted by atomic mass is 10.1. The van der Waals surface area contributed by atoms with Gasteiger partial charge in [0.05, 0.1) is 0 Å². The van der Waals surface area contributed by atoms with Gasteiger partial charge in [-0.3, -0.25) is 4.79 Å². The van der Waals surface area contributed by atoms with Gasteiger partial charge in [-0.05, 0) is 64.5 Å². The second-order valence-electron chi connectivity index (χ2n) is 9.46. The molecule has 3 N–H and O–H groups in total. The third-order valence-electron chi connectivity index (χ3n) is 5.05. The zero-order chi connectivity index (χ0) is 26.7. The van der Waals surface area contributed by atoms with Gasteiger partial charge in [0.2, 0.25) is 0 Å². The molecular formula is C27H35N3O6. The SMILES string of the molecule is CN(C)CCc1c[nH]c2cccc(OC(=O)C(Cc3ccccc3)NC(=O)OC(C)(C)C)c12.O=CO. The largest absolute Gasteiger partial charge is 0.483 e. The van der Waals surface area contributed by atoms with Crippen molar-refractivity contribution >= 4 is 29.4 Å². The quantitative estimate of drug-likeness (QED) is 0.244. The number of benzene rings is 2. The number of aromatic amines is 1. The van der Waals surface area contributed by atoms with E-state index in [-0.39, 0.29) is 12.9 Å². The van der Waals surface area contributed by atoms with E-state index in [0.29, 0.717) is 5.75 Å². The first-order valence-corrected chi connectivity index (χ1v) is 11.6. The monoisotopic (exact) mass is 497 g/mol. The molecule has 36 heavy (non-hydrogen) atoms. The minimum absolute atomic E-state index is 0.250. The highest BCUT2D eigenvalue weighted by Crippen LogP contribution is 2.29. The predicted octanol–water partition coefficient (Wildman–Crippen LogP) is 4.01. The average Bonchev–Trinajstić information content (AvgIpc) is 3.21. The molecule has 3 aromatic rings. The second kappa shape index (κ2) is 13.3. The summed E-state index contributed by atoms with van der Waals surface area (Å²) in [4.78, 5) is 39.4. The molecular weight excluding hydrogens is 462 g/mol. The zero-order valence-electron chi connectivity index (χ0n) is 21.4. The summed E-state index contributed by atoms with van der Waals surface area (Å²) in [6.07, 6.45) is 2.39. The maximum atomic E-state index is 13.3. The molecule has 1 heterocycles. The van der Waals surface area contributed by atoms with Gasteiger partial charge < -0.3 is 29.8 Å². The minimum atomic E-state index is -0.901. The van der Waals surface area contributed by atoms with Crippen molar-refractivity contribution in [1.29, 1.82) is 0 Å². The number of aromatic nitrogens is 1. The fraction of sp³-hybridized carbons (Fsp3) is 0.370. The summed E-state index contributed by atoms with van der Waals surface area (Å²) in [5.41, 5.74) is 2.20. The maximum Gasteiger partial charge on any atom is 0.408 e. The summed E-state index contributed by atoms with van der Waals surface area (Å²) in [6.45, 7) is 5.95. The number of amides is 1. The van der Waals surface area contributed by atoms with Gasteiger partial charge in [-0.15, -0.1) is 0 Å². The molecule has 0 spiro atoms. The summed E-state index contributed by atoms with van der Waals surface area (Å²) in [5, 5.41) is 10.5. The van der Waals surface area contributed by atoms with Crippen LogP contribution < -0.4 is 10.1 Å². The number of nitrogens with zero attached hydrogens (tertiary/aromatic N) is 1. The van der Waals surface area contributed by atoms with Crippen LogP contribution in [0, 0.1) is 0 Å². The number of hydrogen-bond donors (Lipinski definition) is 3. The minimum Gasteiger partial charge on any atom is -0.483 e. The Morgan fingerprint density at radius 3 is 2.39 bits per heavy atom. The van der Waals surface area contributed by atoms with Crippen molar-refractivity contribution in [2.45, 2.75) is 45.3 Å². The van der Waals surface area contributed by atoms with E-state index >= 15 is 0 Å². The molecule has 194 valence electrons. The molecule has 1 atom stereocenters. The van der Waals surface area contributed by atoms with Crippen LogP contribution >= 0.6 is 0 Å². The fourth-order valence-corrected chi connectivity index (χ4v) is 3.52. The highest BCUT2D eigenvalue weighted by atomic mass is 16.6. The van der Waals surface area contributed by atoms with Crippen LogP contribution in [0.1, 0.15) is 31.9 Å². The Labute approximate surface area is 211 Å². The van der Waals surface area contributed by atoms with Crippen LogP contribution in [-0.4, -0.2) is 65.8 Å². The summed E-state index contributed by atoms with van der Waals surface area (Å²) >= 11 is 0. The van der Waals surface area contributed by atoms with Crippen LogP contribution in [0.5, 0.6) is 5.75 Å². The third-order valence-corrected chi connectivity index (χ3v) is 5.05. The molecule has 0 saturated carbocycles. The number of H-pyrrole nitrogens is 1. The van der Waals surface area contributed by atoms with Crippen LogP contribution in [0.3, 0.4) is 0 Å². The lowest BCUT2D eigenvalue weighted by molar-refractivity contribution is -0.136. The number of ether oxygens (including phenoxy) is 2. The van der Waals surface area contributed by atoms with Crippen molar-refractivity contribution < 1.29 is 29.0 Å². The molecule has 0 aliphatic heterocycles. The van der Waals surface area contributed by atoms with Crippen LogP contribution in [0.15, 0.2) is 54.7 Å². The number of likely N-dealkylation sites (N-methyl/N-ethyl adjacent to an activating group) is 1. The van der Waals surface area contributed by atoms with Gasteiger partial charge >= 0.3 is 12.1 Å². The third kappa shape index (κ3) is 9.07. The number of nitrogens with one attached hydrogen (secondary N) is 2. The first-order chi connectivity index (χ1) is 17.0. The van der Waals surface area contributed by atoms with Crippen molar-refractivity contribution in [2.24, 2.45) is 0 Å².